The van der Waals surface area contributed by atoms with Gasteiger partial charge in [-0.2, -0.15) is 4.98 Å². The first kappa shape index (κ1) is 18.7. The smallest absolute Gasteiger partial charge is 0.261 e. The Kier molecular flexibility index (Phi) is 5.00. The van der Waals surface area contributed by atoms with Gasteiger partial charge >= 0.3 is 0 Å². The first-order valence-corrected chi connectivity index (χ1v) is 7.80. The maximum absolute atomic E-state index is 14.2. The molecule has 0 spiro atoms. The zero-order valence-electron chi connectivity index (χ0n) is 14.3. The van der Waals surface area contributed by atoms with Gasteiger partial charge in [0.1, 0.15) is 11.6 Å². The minimum Gasteiger partial charge on any atom is -0.352 e. The lowest BCUT2D eigenvalue weighted by molar-refractivity contribution is 0.425. The van der Waals surface area contributed by atoms with Crippen molar-refractivity contribution in [2.75, 3.05) is 5.32 Å². The molecule has 6 nitrogen and oxygen atoms in total. The number of nitrogens with zero attached hydrogens (tertiary/aromatic N) is 4. The molecule has 0 saturated heterocycles. The van der Waals surface area contributed by atoms with Crippen LogP contribution in [0, 0.1) is 25.5 Å². The Morgan fingerprint density at radius 1 is 1.04 bits per heavy atom. The summed E-state index contributed by atoms with van der Waals surface area (Å²) in [7, 11) is 0. The first-order chi connectivity index (χ1) is 12.5. The van der Waals surface area contributed by atoms with E-state index in [9.17, 15) is 8.78 Å². The summed E-state index contributed by atoms with van der Waals surface area (Å²) in [6.45, 7) is 3.54. The third kappa shape index (κ3) is 3.56. The van der Waals surface area contributed by atoms with Gasteiger partial charge in [-0.05, 0) is 38.1 Å². The summed E-state index contributed by atoms with van der Waals surface area (Å²) in [5, 5.41) is 7.42. The Morgan fingerprint density at radius 3 is 2.56 bits per heavy atom. The summed E-state index contributed by atoms with van der Waals surface area (Å²) in [6, 6.07) is 6.94. The van der Waals surface area contributed by atoms with Gasteiger partial charge in [-0.1, -0.05) is 5.16 Å². The van der Waals surface area contributed by atoms with Crippen molar-refractivity contribution in [3.05, 3.63) is 59.7 Å². The van der Waals surface area contributed by atoms with Gasteiger partial charge in [0, 0.05) is 23.3 Å². The van der Waals surface area contributed by atoms with Gasteiger partial charge in [-0.25, -0.2) is 18.7 Å². The minimum absolute atomic E-state index is 0. The third-order valence-corrected chi connectivity index (χ3v) is 3.82. The van der Waals surface area contributed by atoms with E-state index in [1.807, 2.05) is 19.1 Å². The van der Waals surface area contributed by atoms with E-state index >= 15 is 0 Å². The fraction of sp³-hybridized carbons (Fsp3) is 0.111. The van der Waals surface area contributed by atoms with E-state index in [4.69, 9.17) is 4.52 Å². The Labute approximate surface area is 159 Å². The Bertz CT molecular complexity index is 1130. The van der Waals surface area contributed by atoms with E-state index < -0.39 is 11.6 Å². The van der Waals surface area contributed by atoms with Gasteiger partial charge in [0.2, 0.25) is 0 Å². The molecule has 0 aliphatic carbocycles. The molecule has 1 N–H and O–H groups in total. The molecule has 138 valence electrons. The zero-order chi connectivity index (χ0) is 18.3. The van der Waals surface area contributed by atoms with Gasteiger partial charge in [0.25, 0.3) is 5.89 Å². The quantitative estimate of drug-likeness (QED) is 0.545. The standard InChI is InChI=1S/C18H13F2N5O.ClH/c1-9-3-5-12-16(24-15-6-4-11(19)7-14(15)20)13(8-21-17(12)22-9)18-23-10(2)25-26-18;/h3-8H,1-2H3,(H,21,22,24);1H. The predicted octanol–water partition coefficient (Wildman–Crippen LogP) is 4.74. The molecule has 9 heteroatoms. The van der Waals surface area contributed by atoms with Crippen LogP contribution in [0.2, 0.25) is 0 Å². The number of nitrogens with one attached hydrogen (secondary N) is 1. The number of halogens is 3. The molecule has 0 aliphatic rings. The van der Waals surface area contributed by atoms with Crippen LogP contribution in [0.4, 0.5) is 20.2 Å². The van der Waals surface area contributed by atoms with Gasteiger partial charge in [0.05, 0.1) is 16.9 Å². The van der Waals surface area contributed by atoms with E-state index in [0.717, 1.165) is 11.8 Å². The SMILES string of the molecule is Cc1ccc2c(Nc3ccc(F)cc3F)c(-c3nc(C)no3)cnc2n1.Cl. The van der Waals surface area contributed by atoms with Crippen LogP contribution in [0.5, 0.6) is 0 Å². The number of hydrogen-bond donors (Lipinski definition) is 1. The van der Waals surface area contributed by atoms with Crippen LogP contribution >= 0.6 is 12.4 Å². The number of aromatic nitrogens is 4. The van der Waals surface area contributed by atoms with Crippen LogP contribution in [0.1, 0.15) is 11.5 Å². The minimum atomic E-state index is -0.720. The number of rotatable bonds is 3. The number of fused-ring (bicyclic) bond motifs is 1. The highest BCUT2D eigenvalue weighted by molar-refractivity contribution is 5.98. The molecule has 4 rings (SSSR count). The highest BCUT2D eigenvalue weighted by atomic mass is 35.5. The predicted molar refractivity (Wildman–Crippen MR) is 99.2 cm³/mol. The Morgan fingerprint density at radius 2 is 1.85 bits per heavy atom. The highest BCUT2D eigenvalue weighted by Crippen LogP contribution is 2.35. The molecule has 0 saturated carbocycles. The van der Waals surface area contributed by atoms with Crippen molar-refractivity contribution in [3.8, 4) is 11.5 Å². The van der Waals surface area contributed by atoms with Gasteiger partial charge < -0.3 is 9.84 Å². The first-order valence-electron chi connectivity index (χ1n) is 7.80. The molecule has 0 radical (unpaired) electrons. The van der Waals surface area contributed by atoms with Crippen molar-refractivity contribution in [1.82, 2.24) is 20.1 Å². The summed E-state index contributed by atoms with van der Waals surface area (Å²) < 4.78 is 32.6. The molecule has 27 heavy (non-hydrogen) atoms. The Hall–Kier alpha value is -3.13. The molecule has 0 unspecified atom stereocenters. The zero-order valence-corrected chi connectivity index (χ0v) is 15.1. The van der Waals surface area contributed by atoms with Crippen LogP contribution in [-0.4, -0.2) is 20.1 Å². The van der Waals surface area contributed by atoms with Crippen molar-refractivity contribution in [2.45, 2.75) is 13.8 Å². The maximum Gasteiger partial charge on any atom is 0.261 e. The van der Waals surface area contributed by atoms with E-state index in [0.29, 0.717) is 28.1 Å². The van der Waals surface area contributed by atoms with Crippen LogP contribution in [0.15, 0.2) is 41.1 Å². The molecule has 4 aromatic rings. The second kappa shape index (κ2) is 7.24. The Balaban J connectivity index is 0.00000210. The van der Waals surface area contributed by atoms with Crippen LogP contribution in [-0.2, 0) is 0 Å². The number of anilines is 2. The number of benzene rings is 1. The molecule has 0 atom stereocenters. The van der Waals surface area contributed by atoms with Crippen molar-refractivity contribution >= 4 is 34.8 Å². The van der Waals surface area contributed by atoms with Crippen molar-refractivity contribution < 1.29 is 13.3 Å². The topological polar surface area (TPSA) is 76.7 Å². The fourth-order valence-corrected chi connectivity index (χ4v) is 2.60. The molecule has 0 fully saturated rings. The molecule has 3 heterocycles. The third-order valence-electron chi connectivity index (χ3n) is 3.82. The number of hydrogen-bond acceptors (Lipinski definition) is 6. The molecule has 0 bridgehead atoms. The van der Waals surface area contributed by atoms with Gasteiger partial charge in [-0.3, -0.25) is 0 Å². The lowest BCUT2D eigenvalue weighted by Gasteiger charge is -2.13. The summed E-state index contributed by atoms with van der Waals surface area (Å²) in [5.74, 6) is -0.677. The normalized spacial score (nSPS) is 10.7. The second-order valence-electron chi connectivity index (χ2n) is 5.77. The van der Waals surface area contributed by atoms with E-state index in [1.165, 1.54) is 18.3 Å². The maximum atomic E-state index is 14.2. The van der Waals surface area contributed by atoms with E-state index in [2.05, 4.69) is 25.4 Å². The van der Waals surface area contributed by atoms with Crippen molar-refractivity contribution in [2.24, 2.45) is 0 Å². The van der Waals surface area contributed by atoms with Gasteiger partial charge in [0.15, 0.2) is 11.5 Å². The lowest BCUT2D eigenvalue weighted by atomic mass is 10.1. The molecule has 1 aromatic carbocycles. The van der Waals surface area contributed by atoms with Crippen LogP contribution < -0.4 is 5.32 Å². The van der Waals surface area contributed by atoms with Crippen molar-refractivity contribution in [3.63, 3.8) is 0 Å². The highest BCUT2D eigenvalue weighted by Gasteiger charge is 2.18. The molecule has 0 amide bonds. The number of aryl methyl sites for hydroxylation is 2. The second-order valence-corrected chi connectivity index (χ2v) is 5.77. The van der Waals surface area contributed by atoms with Crippen molar-refractivity contribution in [1.29, 1.82) is 0 Å². The van der Waals surface area contributed by atoms with Crippen LogP contribution in [0.3, 0.4) is 0 Å². The average Bonchev–Trinajstić information content (AvgIpc) is 3.03. The summed E-state index contributed by atoms with van der Waals surface area (Å²) >= 11 is 0. The number of pyridine rings is 2. The fourth-order valence-electron chi connectivity index (χ4n) is 2.60. The summed E-state index contributed by atoms with van der Waals surface area (Å²) in [6.07, 6.45) is 1.53. The molecular weight excluding hydrogens is 376 g/mol. The van der Waals surface area contributed by atoms with Gasteiger partial charge in [-0.15, -0.1) is 12.4 Å². The van der Waals surface area contributed by atoms with E-state index in [1.54, 1.807) is 6.92 Å². The average molecular weight is 390 g/mol. The largest absolute Gasteiger partial charge is 0.352 e. The molecule has 3 aromatic heterocycles. The monoisotopic (exact) mass is 389 g/mol. The lowest BCUT2D eigenvalue weighted by Crippen LogP contribution is -2.00. The summed E-state index contributed by atoms with van der Waals surface area (Å²) in [4.78, 5) is 12.9. The summed E-state index contributed by atoms with van der Waals surface area (Å²) in [5.41, 5.74) is 2.38. The van der Waals surface area contributed by atoms with Crippen LogP contribution in [0.25, 0.3) is 22.5 Å². The molecule has 0 aliphatic heterocycles. The molecular formula is C18H14ClF2N5O. The van der Waals surface area contributed by atoms with E-state index in [-0.39, 0.29) is 24.0 Å².